The van der Waals surface area contributed by atoms with Crippen molar-refractivity contribution in [1.82, 2.24) is 0 Å². The zero-order chi connectivity index (χ0) is 8.91. The molecule has 0 aliphatic rings. The molecule has 0 saturated heterocycles. The molecule has 0 saturated carbocycles. The Morgan fingerprint density at radius 1 is 1.64 bits per heavy atom. The lowest BCUT2D eigenvalue weighted by Crippen LogP contribution is -2.30. The van der Waals surface area contributed by atoms with Crippen LogP contribution in [0.3, 0.4) is 0 Å². The van der Waals surface area contributed by atoms with Crippen molar-refractivity contribution in [3.8, 4) is 0 Å². The summed E-state index contributed by atoms with van der Waals surface area (Å²) in [5.74, 6) is 0. The number of ether oxygens (including phenoxy) is 1. The van der Waals surface area contributed by atoms with E-state index in [1.165, 1.54) is 7.11 Å². The molecule has 0 aliphatic heterocycles. The first-order valence-electron chi connectivity index (χ1n) is 3.34. The lowest BCUT2D eigenvalue weighted by molar-refractivity contribution is 0.137. The summed E-state index contributed by atoms with van der Waals surface area (Å²) >= 11 is 0. The largest absolute Gasteiger partial charge is 0.411 e. The van der Waals surface area contributed by atoms with Gasteiger partial charge in [0.2, 0.25) is 0 Å². The van der Waals surface area contributed by atoms with Crippen LogP contribution in [-0.2, 0) is 4.74 Å². The van der Waals surface area contributed by atoms with Crippen molar-refractivity contribution in [3.63, 3.8) is 0 Å². The predicted molar refractivity (Wildman–Crippen MR) is 40.9 cm³/mol. The van der Waals surface area contributed by atoms with Crippen LogP contribution in [0.4, 0.5) is 4.39 Å². The third-order valence-corrected chi connectivity index (χ3v) is 1.53. The first-order chi connectivity index (χ1) is 5.08. The fourth-order valence-electron chi connectivity index (χ4n) is 0.787. The summed E-state index contributed by atoms with van der Waals surface area (Å²) in [6, 6.07) is 0. The molecule has 0 aliphatic carbocycles. The van der Waals surface area contributed by atoms with Crippen LogP contribution in [0.2, 0.25) is 0 Å². The van der Waals surface area contributed by atoms with E-state index in [2.05, 4.69) is 5.16 Å². The van der Waals surface area contributed by atoms with Gasteiger partial charge in [0.1, 0.15) is 6.67 Å². The Kier molecular flexibility index (Phi) is 4.03. The number of hydrogen-bond acceptors (Lipinski definition) is 3. The highest BCUT2D eigenvalue weighted by atomic mass is 19.1. The van der Waals surface area contributed by atoms with Gasteiger partial charge < -0.3 is 9.94 Å². The number of nitrogens with zero attached hydrogens (tertiary/aromatic N) is 1. The smallest absolute Gasteiger partial charge is 0.131 e. The van der Waals surface area contributed by atoms with E-state index in [0.717, 1.165) is 0 Å². The molecule has 4 heteroatoms. The van der Waals surface area contributed by atoms with E-state index in [9.17, 15) is 4.39 Å². The van der Waals surface area contributed by atoms with E-state index < -0.39 is 12.1 Å². The van der Waals surface area contributed by atoms with E-state index in [1.54, 1.807) is 13.8 Å². The number of rotatable bonds is 4. The second-order valence-corrected chi connectivity index (χ2v) is 3.00. The minimum atomic E-state index is -0.743. The minimum absolute atomic E-state index is 0.111. The molecule has 0 unspecified atom stereocenters. The Balaban J connectivity index is 4.25. The molecule has 1 N–H and O–H groups in total. The molecule has 11 heavy (non-hydrogen) atoms. The molecular weight excluding hydrogens is 149 g/mol. The number of halogens is 1. The topological polar surface area (TPSA) is 41.8 Å². The van der Waals surface area contributed by atoms with Gasteiger partial charge in [0.15, 0.2) is 0 Å². The highest BCUT2D eigenvalue weighted by molar-refractivity contribution is 5.90. The van der Waals surface area contributed by atoms with Crippen molar-refractivity contribution in [2.45, 2.75) is 13.8 Å². The molecule has 0 aromatic carbocycles. The maximum Gasteiger partial charge on any atom is 0.131 e. The highest BCUT2D eigenvalue weighted by Crippen LogP contribution is 2.17. The zero-order valence-corrected chi connectivity index (χ0v) is 7.09. The van der Waals surface area contributed by atoms with E-state index in [0.29, 0.717) is 6.61 Å². The monoisotopic (exact) mass is 163 g/mol. The molecule has 0 spiro atoms. The van der Waals surface area contributed by atoms with Crippen LogP contribution >= 0.6 is 0 Å². The molecule has 66 valence electrons. The van der Waals surface area contributed by atoms with Crippen LogP contribution in [0.15, 0.2) is 5.16 Å². The fourth-order valence-corrected chi connectivity index (χ4v) is 0.787. The van der Waals surface area contributed by atoms with Gasteiger partial charge in [0.25, 0.3) is 0 Å². The Morgan fingerprint density at radius 2 is 2.18 bits per heavy atom. The second-order valence-electron chi connectivity index (χ2n) is 3.00. The SMILES string of the molecule is COCC(C)(C)/C(CF)=N\O. The summed E-state index contributed by atoms with van der Waals surface area (Å²) in [4.78, 5) is 0. The molecule has 3 nitrogen and oxygen atoms in total. The Morgan fingerprint density at radius 3 is 2.45 bits per heavy atom. The summed E-state index contributed by atoms with van der Waals surface area (Å²) in [7, 11) is 1.52. The second kappa shape index (κ2) is 4.28. The summed E-state index contributed by atoms with van der Waals surface area (Å²) in [6.07, 6.45) is 0. The summed E-state index contributed by atoms with van der Waals surface area (Å²) in [6.45, 7) is 3.11. The van der Waals surface area contributed by atoms with Crippen LogP contribution in [0.1, 0.15) is 13.8 Å². The van der Waals surface area contributed by atoms with Crippen molar-refractivity contribution in [1.29, 1.82) is 0 Å². The molecule has 0 aromatic rings. The van der Waals surface area contributed by atoms with Gasteiger partial charge in [0, 0.05) is 12.5 Å². The number of alkyl halides is 1. The molecule has 0 radical (unpaired) electrons. The van der Waals surface area contributed by atoms with Crippen molar-refractivity contribution in [2.24, 2.45) is 10.6 Å². The van der Waals surface area contributed by atoms with Crippen molar-refractivity contribution < 1.29 is 14.3 Å². The van der Waals surface area contributed by atoms with Crippen molar-refractivity contribution in [2.75, 3.05) is 20.4 Å². The standard InChI is InChI=1S/C7H14FNO2/c1-7(2,5-11-3)6(4-8)9-10/h10H,4-5H2,1-3H3/b9-6-. The van der Waals surface area contributed by atoms with Crippen LogP contribution < -0.4 is 0 Å². The molecular formula is C7H14FNO2. The van der Waals surface area contributed by atoms with Gasteiger partial charge in [-0.15, -0.1) is 0 Å². The van der Waals surface area contributed by atoms with Crippen LogP contribution in [0, 0.1) is 5.41 Å². The van der Waals surface area contributed by atoms with Crippen LogP contribution in [0.5, 0.6) is 0 Å². The summed E-state index contributed by atoms with van der Waals surface area (Å²) < 4.78 is 17.0. The third-order valence-electron chi connectivity index (χ3n) is 1.53. The van der Waals surface area contributed by atoms with Gasteiger partial charge in [-0.2, -0.15) is 0 Å². The Bertz CT molecular complexity index is 145. The normalized spacial score (nSPS) is 13.6. The fraction of sp³-hybridized carbons (Fsp3) is 0.857. The molecule has 0 fully saturated rings. The molecule has 0 amide bonds. The first kappa shape index (κ1) is 10.4. The van der Waals surface area contributed by atoms with E-state index in [1.807, 2.05) is 0 Å². The third kappa shape index (κ3) is 2.84. The number of oxime groups is 1. The Hall–Kier alpha value is -0.640. The van der Waals surface area contributed by atoms with Crippen LogP contribution in [-0.4, -0.2) is 31.3 Å². The van der Waals surface area contributed by atoms with Gasteiger partial charge in [-0.3, -0.25) is 0 Å². The highest BCUT2D eigenvalue weighted by Gasteiger charge is 2.25. The number of hydrogen-bond donors (Lipinski definition) is 1. The lowest BCUT2D eigenvalue weighted by atomic mass is 9.89. The van der Waals surface area contributed by atoms with E-state index in [-0.39, 0.29) is 5.71 Å². The molecule has 0 rings (SSSR count). The molecule has 0 bridgehead atoms. The summed E-state index contributed by atoms with van der Waals surface area (Å²) in [5.41, 5.74) is -0.419. The maximum absolute atomic E-state index is 12.1. The van der Waals surface area contributed by atoms with E-state index >= 15 is 0 Å². The minimum Gasteiger partial charge on any atom is -0.411 e. The number of methoxy groups -OCH3 is 1. The van der Waals surface area contributed by atoms with Gasteiger partial charge in [-0.25, -0.2) is 4.39 Å². The van der Waals surface area contributed by atoms with Gasteiger partial charge in [0.05, 0.1) is 12.3 Å². The zero-order valence-electron chi connectivity index (χ0n) is 7.09. The average Bonchev–Trinajstić information content (AvgIpc) is 1.89. The molecule has 0 atom stereocenters. The quantitative estimate of drug-likeness (QED) is 0.387. The summed E-state index contributed by atoms with van der Waals surface area (Å²) in [5, 5.41) is 11.2. The van der Waals surface area contributed by atoms with Crippen LogP contribution in [0.25, 0.3) is 0 Å². The predicted octanol–water partition coefficient (Wildman–Crippen LogP) is 1.46. The molecule has 0 heterocycles. The van der Waals surface area contributed by atoms with Crippen molar-refractivity contribution in [3.05, 3.63) is 0 Å². The first-order valence-corrected chi connectivity index (χ1v) is 3.34. The van der Waals surface area contributed by atoms with Gasteiger partial charge in [-0.05, 0) is 0 Å². The average molecular weight is 163 g/mol. The Labute approximate surface area is 65.9 Å². The lowest BCUT2D eigenvalue weighted by Gasteiger charge is -2.22. The van der Waals surface area contributed by atoms with E-state index in [4.69, 9.17) is 9.94 Å². The van der Waals surface area contributed by atoms with Gasteiger partial charge in [-0.1, -0.05) is 19.0 Å². The van der Waals surface area contributed by atoms with Gasteiger partial charge >= 0.3 is 0 Å². The van der Waals surface area contributed by atoms with Crippen molar-refractivity contribution >= 4 is 5.71 Å². The maximum atomic E-state index is 12.1. The molecule has 0 aromatic heterocycles.